The van der Waals surface area contributed by atoms with E-state index in [1.165, 1.54) is 0 Å². The number of fused-ring (bicyclic) bond motifs is 1. The Morgan fingerprint density at radius 2 is 1.63 bits per heavy atom. The molecule has 0 saturated heterocycles. The van der Waals surface area contributed by atoms with Crippen LogP contribution in [0.4, 0.5) is 0 Å². The smallest absolute Gasteiger partial charge is 0.448 e. The van der Waals surface area contributed by atoms with E-state index < -0.39 is 95.3 Å². The molecular formula is C16H4NO15PS2. The molecule has 0 spiro atoms. The molecule has 0 saturated carbocycles. The molecule has 180 valence electrons. The van der Waals surface area contributed by atoms with Gasteiger partial charge in [0.05, 0.1) is 17.2 Å². The van der Waals surface area contributed by atoms with Crippen molar-refractivity contribution in [1.29, 1.82) is 5.26 Å². The van der Waals surface area contributed by atoms with Crippen LogP contribution in [0.3, 0.4) is 0 Å². The highest BCUT2D eigenvalue weighted by Gasteiger charge is 2.52. The van der Waals surface area contributed by atoms with Crippen LogP contribution in [0.1, 0.15) is 5.56 Å². The van der Waals surface area contributed by atoms with Crippen LogP contribution in [-0.4, -0.2) is 21.4 Å². The van der Waals surface area contributed by atoms with Crippen molar-refractivity contribution >= 4 is 39.3 Å². The lowest BCUT2D eigenvalue weighted by Crippen LogP contribution is -2.26. The van der Waals surface area contributed by atoms with Crippen molar-refractivity contribution in [1.82, 2.24) is 0 Å². The first kappa shape index (κ1) is 21.7. The standard InChI is InChI=1S/C16H4NO15PS2/c17-4-5-2-1-3-6(34(20,21)22)7(5)10-13-9(18)8-11(25-10)15-14-16(30-33(19,28-13)29-15)12(8)26-31-35(23,24)32-27-14/h1-3H,(H,20,21,22). The highest BCUT2D eigenvalue weighted by atomic mass is 32.3. The summed E-state index contributed by atoms with van der Waals surface area (Å²) in [5.41, 5.74) is -2.84. The molecule has 5 aliphatic heterocycles. The Morgan fingerprint density at radius 1 is 0.971 bits per heavy atom. The van der Waals surface area contributed by atoms with Gasteiger partial charge in [0.25, 0.3) is 15.9 Å². The van der Waals surface area contributed by atoms with Gasteiger partial charge in [0.1, 0.15) is 10.3 Å². The van der Waals surface area contributed by atoms with Gasteiger partial charge in [-0.3, -0.25) is 9.35 Å². The predicted molar refractivity (Wildman–Crippen MR) is 104 cm³/mol. The summed E-state index contributed by atoms with van der Waals surface area (Å²) in [5.74, 6) is -4.59. The number of phosphoric acid groups is 1. The quantitative estimate of drug-likeness (QED) is 0.275. The average Bonchev–Trinajstić information content (AvgIpc) is 2.77. The fourth-order valence-corrected chi connectivity index (χ4v) is 5.82. The maximum atomic E-state index is 13.4. The minimum atomic E-state index is -5.00. The molecule has 1 N–H and O–H groups in total. The van der Waals surface area contributed by atoms with Crippen LogP contribution in [0.15, 0.2) is 32.3 Å². The topological polar surface area (TPSA) is 224 Å². The van der Waals surface area contributed by atoms with Crippen molar-refractivity contribution in [3.8, 4) is 46.1 Å². The Morgan fingerprint density at radius 3 is 2.31 bits per heavy atom. The van der Waals surface area contributed by atoms with E-state index in [2.05, 4.69) is 13.6 Å². The summed E-state index contributed by atoms with van der Waals surface area (Å²) in [6.07, 6.45) is 0. The number of nitrogens with zero attached hydrogens (tertiary/aromatic N) is 1. The van der Waals surface area contributed by atoms with E-state index >= 15 is 0 Å². The van der Waals surface area contributed by atoms with Crippen molar-refractivity contribution in [3.05, 3.63) is 34.0 Å². The highest BCUT2D eigenvalue weighted by Crippen LogP contribution is 2.67. The summed E-state index contributed by atoms with van der Waals surface area (Å²) >= 11 is 0. The zero-order valence-electron chi connectivity index (χ0n) is 16.1. The second-order valence-corrected chi connectivity index (χ2v) is 10.7. The van der Waals surface area contributed by atoms with Gasteiger partial charge in [-0.25, -0.2) is 0 Å². The SMILES string of the molecule is N#Cc1cccc(S(=O)(=O)O)c1-c1oc2c3c4c5c(c2c(=O)c1OP(=O)(O5)O3)OOS(=O)(=O)OO4. The molecule has 19 heteroatoms. The lowest BCUT2D eigenvalue weighted by Gasteiger charge is -2.31. The molecule has 35 heavy (non-hydrogen) atoms. The first-order valence-electron chi connectivity index (χ1n) is 8.80. The van der Waals surface area contributed by atoms with Gasteiger partial charge < -0.3 is 27.8 Å². The molecule has 6 heterocycles. The molecule has 1 unspecified atom stereocenters. The van der Waals surface area contributed by atoms with E-state index in [-0.39, 0.29) is 0 Å². The van der Waals surface area contributed by atoms with Gasteiger partial charge in [0.2, 0.25) is 28.4 Å². The molecule has 2 aromatic carbocycles. The van der Waals surface area contributed by atoms with Gasteiger partial charge >= 0.3 is 18.2 Å². The Balaban J connectivity index is 1.81. The monoisotopic (exact) mass is 545 g/mol. The first-order valence-corrected chi connectivity index (χ1v) is 13.0. The minimum Gasteiger partial charge on any atom is -0.448 e. The Hall–Kier alpha value is -3.85. The highest BCUT2D eigenvalue weighted by molar-refractivity contribution is 7.86. The lowest BCUT2D eigenvalue weighted by atomic mass is 10.0. The van der Waals surface area contributed by atoms with E-state index in [4.69, 9.17) is 22.9 Å². The van der Waals surface area contributed by atoms with E-state index in [9.17, 15) is 36.0 Å². The van der Waals surface area contributed by atoms with Crippen molar-refractivity contribution < 1.29 is 62.4 Å². The van der Waals surface area contributed by atoms with Gasteiger partial charge in [-0.05, 0) is 20.8 Å². The van der Waals surface area contributed by atoms with Crippen LogP contribution < -0.4 is 28.8 Å². The van der Waals surface area contributed by atoms with Crippen LogP contribution >= 0.6 is 7.82 Å². The molecule has 8 bridgehead atoms. The second-order valence-electron chi connectivity index (χ2n) is 6.81. The van der Waals surface area contributed by atoms with Gasteiger partial charge in [-0.15, -0.1) is 0 Å². The number of hydrogen-bond acceptors (Lipinski definition) is 15. The number of phosphoric ester groups is 1. The van der Waals surface area contributed by atoms with Gasteiger partial charge in [0, 0.05) is 0 Å². The van der Waals surface area contributed by atoms with Crippen molar-refractivity contribution in [2.24, 2.45) is 0 Å². The number of nitriles is 1. The van der Waals surface area contributed by atoms with Crippen LogP contribution in [0, 0.1) is 11.3 Å². The second kappa shape index (κ2) is 6.63. The Bertz CT molecular complexity index is 1890. The number of hydrogen-bond donors (Lipinski definition) is 1. The minimum absolute atomic E-state index is 0.397. The summed E-state index contributed by atoms with van der Waals surface area (Å²) in [6, 6.07) is 4.86. The first-order chi connectivity index (χ1) is 16.4. The van der Waals surface area contributed by atoms with E-state index in [1.807, 2.05) is 0 Å². The molecule has 1 atom stereocenters. The summed E-state index contributed by atoms with van der Waals surface area (Å²) in [7, 11) is -14.7. The molecule has 0 fully saturated rings. The van der Waals surface area contributed by atoms with E-state index in [1.54, 1.807) is 6.07 Å². The fraction of sp³-hybridized carbons (Fsp3) is 0. The summed E-state index contributed by atoms with van der Waals surface area (Å²) < 4.78 is 99.6. The van der Waals surface area contributed by atoms with Crippen LogP contribution in [-0.2, 0) is 33.7 Å². The molecule has 3 aromatic rings. The zero-order chi connectivity index (χ0) is 24.9. The van der Waals surface area contributed by atoms with E-state index in [0.717, 1.165) is 18.2 Å². The largest absolute Gasteiger partial charge is 0.647 e. The number of benzene rings is 2. The molecule has 16 nitrogen and oxygen atoms in total. The normalized spacial score (nSPS) is 20.9. The van der Waals surface area contributed by atoms with Crippen molar-refractivity contribution in [2.45, 2.75) is 4.90 Å². The summed E-state index contributed by atoms with van der Waals surface area (Å²) in [4.78, 5) is 21.9. The average molecular weight is 545 g/mol. The molecule has 5 aliphatic rings. The van der Waals surface area contributed by atoms with Gasteiger partial charge in [-0.1, -0.05) is 6.07 Å². The Kier molecular flexibility index (Phi) is 4.11. The zero-order valence-corrected chi connectivity index (χ0v) is 18.6. The fourth-order valence-electron chi connectivity index (χ4n) is 3.50. The van der Waals surface area contributed by atoms with Crippen LogP contribution in [0.5, 0.6) is 28.7 Å². The molecule has 0 amide bonds. The predicted octanol–water partition coefficient (Wildman–Crippen LogP) is 1.73. The third kappa shape index (κ3) is 3.01. The molecule has 1 aromatic heterocycles. The maximum Gasteiger partial charge on any atom is 0.647 e. The van der Waals surface area contributed by atoms with Gasteiger partial charge in [0.15, 0.2) is 11.3 Å². The third-order valence-electron chi connectivity index (χ3n) is 4.78. The van der Waals surface area contributed by atoms with Gasteiger partial charge in [-0.2, -0.15) is 26.7 Å². The summed E-state index contributed by atoms with van der Waals surface area (Å²) in [6.45, 7) is 0. The lowest BCUT2D eigenvalue weighted by molar-refractivity contribution is -0.170. The maximum absolute atomic E-state index is 13.4. The Labute approximate surface area is 192 Å². The molecular weight excluding hydrogens is 541 g/mol. The van der Waals surface area contributed by atoms with Crippen LogP contribution in [0.25, 0.3) is 22.3 Å². The third-order valence-corrected chi connectivity index (χ3v) is 7.37. The van der Waals surface area contributed by atoms with Crippen molar-refractivity contribution in [2.75, 3.05) is 0 Å². The van der Waals surface area contributed by atoms with Crippen LogP contribution in [0.2, 0.25) is 0 Å². The molecule has 0 aliphatic carbocycles. The molecule has 0 radical (unpaired) electrons. The number of rotatable bonds is 2. The van der Waals surface area contributed by atoms with Crippen molar-refractivity contribution in [3.63, 3.8) is 0 Å². The molecule has 8 rings (SSSR count). The van der Waals surface area contributed by atoms with E-state index in [0.29, 0.717) is 0 Å². The summed E-state index contributed by atoms with van der Waals surface area (Å²) in [5, 5.41) is 8.91.